The van der Waals surface area contributed by atoms with Crippen LogP contribution in [0.25, 0.3) is 0 Å². The second-order valence-electron chi connectivity index (χ2n) is 2.66. The summed E-state index contributed by atoms with van der Waals surface area (Å²) in [5, 5.41) is 9.48. The van der Waals surface area contributed by atoms with Gasteiger partial charge in [0.1, 0.15) is 0 Å². The van der Waals surface area contributed by atoms with Gasteiger partial charge in [-0.25, -0.2) is 0 Å². The van der Waals surface area contributed by atoms with E-state index in [1.54, 1.807) is 0 Å². The third-order valence-electron chi connectivity index (χ3n) is 1.40. The van der Waals surface area contributed by atoms with E-state index >= 15 is 0 Å². The Labute approximate surface area is 93.2 Å². The number of aliphatic hydroxyl groups is 1. The summed E-state index contributed by atoms with van der Waals surface area (Å²) in [5.74, 6) is 1.39. The first-order valence-electron chi connectivity index (χ1n) is 4.56. The molecule has 0 aliphatic heterocycles. The molecule has 0 aliphatic carbocycles. The lowest BCUT2D eigenvalue weighted by atomic mass is 10.3. The van der Waals surface area contributed by atoms with E-state index in [1.165, 1.54) is 23.5 Å². The number of rotatable bonds is 8. The molecular weight excluding hydrogens is 220 g/mol. The summed E-state index contributed by atoms with van der Waals surface area (Å²) in [6, 6.07) is 0. The second kappa shape index (κ2) is 9.79. The summed E-state index contributed by atoms with van der Waals surface area (Å²) in [6.45, 7) is 1.07. The van der Waals surface area contributed by atoms with Crippen molar-refractivity contribution >= 4 is 28.6 Å². The molecule has 0 aliphatic rings. The highest BCUT2D eigenvalue weighted by molar-refractivity contribution is 8.13. The summed E-state index contributed by atoms with van der Waals surface area (Å²) in [5.41, 5.74) is 10.1. The Hall–Kier alpha value is 0.250. The van der Waals surface area contributed by atoms with Gasteiger partial charge >= 0.3 is 0 Å². The van der Waals surface area contributed by atoms with Crippen LogP contribution in [0.5, 0.6) is 0 Å². The molecule has 0 spiro atoms. The number of nitrogens with two attached hydrogens (primary N) is 2. The predicted octanol–water partition coefficient (Wildman–Crippen LogP) is -0.00460. The molecule has 84 valence electrons. The Kier molecular flexibility index (Phi) is 9.97. The predicted molar refractivity (Wildman–Crippen MR) is 63.3 cm³/mol. The van der Waals surface area contributed by atoms with Crippen molar-refractivity contribution in [1.82, 2.24) is 0 Å². The SMILES string of the molecule is NCCSC(=O)CCC(O)SCCN. The van der Waals surface area contributed by atoms with Crippen LogP contribution < -0.4 is 11.5 Å². The number of carbonyl (C=O) groups excluding carboxylic acids is 1. The van der Waals surface area contributed by atoms with Crippen molar-refractivity contribution in [3.8, 4) is 0 Å². The fourth-order valence-corrected chi connectivity index (χ4v) is 2.07. The van der Waals surface area contributed by atoms with E-state index in [2.05, 4.69) is 0 Å². The van der Waals surface area contributed by atoms with Gasteiger partial charge in [0, 0.05) is 31.0 Å². The molecule has 14 heavy (non-hydrogen) atoms. The smallest absolute Gasteiger partial charge is 0.189 e. The highest BCUT2D eigenvalue weighted by atomic mass is 32.2. The number of hydrogen-bond donors (Lipinski definition) is 3. The minimum Gasteiger partial charge on any atom is -0.382 e. The fraction of sp³-hybridized carbons (Fsp3) is 0.875. The lowest BCUT2D eigenvalue weighted by Crippen LogP contribution is -2.10. The normalized spacial score (nSPS) is 12.8. The maximum absolute atomic E-state index is 11.1. The molecule has 0 amide bonds. The Morgan fingerprint density at radius 1 is 1.29 bits per heavy atom. The third kappa shape index (κ3) is 8.83. The van der Waals surface area contributed by atoms with Crippen LogP contribution in [0.4, 0.5) is 0 Å². The first-order valence-corrected chi connectivity index (χ1v) is 6.59. The zero-order chi connectivity index (χ0) is 10.8. The Morgan fingerprint density at radius 3 is 2.50 bits per heavy atom. The summed E-state index contributed by atoms with van der Waals surface area (Å²) in [7, 11) is 0. The van der Waals surface area contributed by atoms with Crippen molar-refractivity contribution in [3.63, 3.8) is 0 Å². The van der Waals surface area contributed by atoms with Gasteiger partial charge in [0.15, 0.2) is 5.12 Å². The largest absolute Gasteiger partial charge is 0.382 e. The summed E-state index contributed by atoms with van der Waals surface area (Å²) < 4.78 is 0. The van der Waals surface area contributed by atoms with Crippen molar-refractivity contribution in [2.75, 3.05) is 24.6 Å². The first-order chi connectivity index (χ1) is 6.70. The van der Waals surface area contributed by atoms with Gasteiger partial charge in [0.25, 0.3) is 0 Å². The van der Waals surface area contributed by atoms with E-state index in [4.69, 9.17) is 11.5 Å². The van der Waals surface area contributed by atoms with Gasteiger partial charge in [0.05, 0.1) is 5.44 Å². The van der Waals surface area contributed by atoms with Gasteiger partial charge < -0.3 is 16.6 Å². The second-order valence-corrected chi connectivity index (χ2v) is 5.10. The zero-order valence-electron chi connectivity index (χ0n) is 8.15. The van der Waals surface area contributed by atoms with Gasteiger partial charge in [-0.1, -0.05) is 11.8 Å². The lowest BCUT2D eigenvalue weighted by Gasteiger charge is -2.08. The molecule has 1 unspecified atom stereocenters. The molecule has 0 heterocycles. The molecule has 0 fully saturated rings. The van der Waals surface area contributed by atoms with Gasteiger partial charge in [-0.3, -0.25) is 4.79 Å². The van der Waals surface area contributed by atoms with Crippen LogP contribution >= 0.6 is 23.5 Å². The number of hydrogen-bond acceptors (Lipinski definition) is 6. The molecule has 5 N–H and O–H groups in total. The van der Waals surface area contributed by atoms with Gasteiger partial charge in [-0.05, 0) is 6.42 Å². The average molecular weight is 238 g/mol. The van der Waals surface area contributed by atoms with E-state index < -0.39 is 5.44 Å². The Balaban J connectivity index is 3.36. The van der Waals surface area contributed by atoms with Crippen LogP contribution in [0.3, 0.4) is 0 Å². The molecule has 6 heteroatoms. The maximum atomic E-state index is 11.1. The molecule has 0 aromatic carbocycles. The van der Waals surface area contributed by atoms with Gasteiger partial charge in [-0.2, -0.15) is 0 Å². The summed E-state index contributed by atoms with van der Waals surface area (Å²) in [4.78, 5) is 11.1. The van der Waals surface area contributed by atoms with Crippen LogP contribution in [0, 0.1) is 0 Å². The summed E-state index contributed by atoms with van der Waals surface area (Å²) >= 11 is 2.62. The molecule has 0 aromatic rings. The molecule has 1 atom stereocenters. The van der Waals surface area contributed by atoms with Crippen molar-refractivity contribution in [1.29, 1.82) is 0 Å². The molecule has 4 nitrogen and oxygen atoms in total. The van der Waals surface area contributed by atoms with E-state index in [1.807, 2.05) is 0 Å². The zero-order valence-corrected chi connectivity index (χ0v) is 9.78. The molecule has 0 saturated carbocycles. The third-order valence-corrected chi connectivity index (χ3v) is 3.46. The number of carbonyl (C=O) groups is 1. The van der Waals surface area contributed by atoms with Crippen LogP contribution in [-0.2, 0) is 4.79 Å². The summed E-state index contributed by atoms with van der Waals surface area (Å²) in [6.07, 6.45) is 0.907. The molecular formula is C8H18N2O2S2. The Morgan fingerprint density at radius 2 is 1.93 bits per heavy atom. The Bertz CT molecular complexity index is 158. The van der Waals surface area contributed by atoms with Crippen molar-refractivity contribution in [3.05, 3.63) is 0 Å². The average Bonchev–Trinajstić information content (AvgIpc) is 2.20. The standard InChI is InChI=1S/C8H18N2O2S2/c9-3-5-13-7(11)1-2-8(12)14-6-4-10/h7,11H,1-6,9-10H2. The molecule has 0 radical (unpaired) electrons. The van der Waals surface area contributed by atoms with Crippen LogP contribution in [0.1, 0.15) is 12.8 Å². The lowest BCUT2D eigenvalue weighted by molar-refractivity contribution is -0.111. The van der Waals surface area contributed by atoms with Crippen LogP contribution in [0.15, 0.2) is 0 Å². The monoisotopic (exact) mass is 238 g/mol. The fourth-order valence-electron chi connectivity index (χ4n) is 0.774. The van der Waals surface area contributed by atoms with Crippen molar-refractivity contribution in [2.45, 2.75) is 18.3 Å². The van der Waals surface area contributed by atoms with Gasteiger partial charge in [0.2, 0.25) is 0 Å². The van der Waals surface area contributed by atoms with Crippen molar-refractivity contribution < 1.29 is 9.90 Å². The number of thioether (sulfide) groups is 2. The maximum Gasteiger partial charge on any atom is 0.189 e. The van der Waals surface area contributed by atoms with E-state index in [0.29, 0.717) is 31.7 Å². The molecule has 0 saturated heterocycles. The van der Waals surface area contributed by atoms with Crippen molar-refractivity contribution in [2.24, 2.45) is 11.5 Å². The quantitative estimate of drug-likeness (QED) is 0.516. The van der Waals surface area contributed by atoms with Crippen LogP contribution in [-0.4, -0.2) is 40.3 Å². The minimum atomic E-state index is -0.471. The minimum absolute atomic E-state index is 0.0999. The van der Waals surface area contributed by atoms with E-state index in [0.717, 1.165) is 5.75 Å². The topological polar surface area (TPSA) is 89.3 Å². The first kappa shape index (κ1) is 14.2. The molecule has 0 aromatic heterocycles. The van der Waals surface area contributed by atoms with E-state index in [9.17, 15) is 9.90 Å². The van der Waals surface area contributed by atoms with Crippen LogP contribution in [0.2, 0.25) is 0 Å². The molecule has 0 bridgehead atoms. The highest BCUT2D eigenvalue weighted by Crippen LogP contribution is 2.15. The number of aliphatic hydroxyl groups excluding tert-OH is 1. The van der Waals surface area contributed by atoms with Gasteiger partial charge in [-0.15, -0.1) is 11.8 Å². The van der Waals surface area contributed by atoms with E-state index in [-0.39, 0.29) is 5.12 Å². The highest BCUT2D eigenvalue weighted by Gasteiger charge is 2.08. The molecule has 0 rings (SSSR count).